The third kappa shape index (κ3) is 5.72. The lowest BCUT2D eigenvalue weighted by molar-refractivity contribution is -0.000954. The number of carbonyl (C=O) groups excluding carboxylic acids is 1. The standard InChI is InChI=1S/C16H21N3O4/c1-11-8-15(19-23-11)18-16(21)17-9-14(20)10-22-12(2)13-6-4-3-5-7-13/h3-8,12,14,20H,9-10H2,1-2H3,(H2,17,18,19,21)/t12-,14-/m0/s1. The highest BCUT2D eigenvalue weighted by atomic mass is 16.5. The highest BCUT2D eigenvalue weighted by Gasteiger charge is 2.12. The second kappa shape index (κ2) is 8.30. The van der Waals surface area contributed by atoms with E-state index in [0.717, 1.165) is 5.56 Å². The number of carbonyl (C=O) groups is 1. The van der Waals surface area contributed by atoms with Gasteiger partial charge in [-0.1, -0.05) is 35.5 Å². The molecule has 23 heavy (non-hydrogen) atoms. The van der Waals surface area contributed by atoms with Crippen LogP contribution in [0.4, 0.5) is 10.6 Å². The molecule has 0 spiro atoms. The zero-order chi connectivity index (χ0) is 16.7. The van der Waals surface area contributed by atoms with Crippen LogP contribution >= 0.6 is 0 Å². The van der Waals surface area contributed by atoms with Gasteiger partial charge in [-0.3, -0.25) is 5.32 Å². The summed E-state index contributed by atoms with van der Waals surface area (Å²) in [5.41, 5.74) is 1.03. The van der Waals surface area contributed by atoms with Crippen molar-refractivity contribution < 1.29 is 19.2 Å². The summed E-state index contributed by atoms with van der Waals surface area (Å²) < 4.78 is 10.4. The van der Waals surface area contributed by atoms with E-state index in [0.29, 0.717) is 11.6 Å². The summed E-state index contributed by atoms with van der Waals surface area (Å²) in [6.45, 7) is 3.84. The van der Waals surface area contributed by atoms with Gasteiger partial charge in [-0.15, -0.1) is 0 Å². The maximum atomic E-state index is 11.6. The predicted molar refractivity (Wildman–Crippen MR) is 85.1 cm³/mol. The molecule has 0 radical (unpaired) electrons. The molecular weight excluding hydrogens is 298 g/mol. The number of aliphatic hydroxyl groups excluding tert-OH is 1. The molecule has 1 heterocycles. The molecule has 0 saturated carbocycles. The number of nitrogens with one attached hydrogen (secondary N) is 2. The van der Waals surface area contributed by atoms with Crippen LogP contribution in [0.2, 0.25) is 0 Å². The number of hydrogen-bond acceptors (Lipinski definition) is 5. The van der Waals surface area contributed by atoms with Crippen molar-refractivity contribution in [3.8, 4) is 0 Å². The van der Waals surface area contributed by atoms with Crippen molar-refractivity contribution in [3.63, 3.8) is 0 Å². The molecule has 0 fully saturated rings. The minimum Gasteiger partial charge on any atom is -0.389 e. The minimum absolute atomic E-state index is 0.0736. The number of rotatable bonds is 7. The van der Waals surface area contributed by atoms with Crippen LogP contribution in [-0.2, 0) is 4.74 Å². The van der Waals surface area contributed by atoms with E-state index in [9.17, 15) is 9.90 Å². The number of aromatic nitrogens is 1. The van der Waals surface area contributed by atoms with Crippen LogP contribution in [0.25, 0.3) is 0 Å². The zero-order valence-electron chi connectivity index (χ0n) is 13.2. The summed E-state index contributed by atoms with van der Waals surface area (Å²) in [5.74, 6) is 0.923. The van der Waals surface area contributed by atoms with Crippen LogP contribution in [0.1, 0.15) is 24.4 Å². The van der Waals surface area contributed by atoms with Crippen molar-refractivity contribution in [2.45, 2.75) is 26.1 Å². The number of anilines is 1. The molecule has 0 saturated heterocycles. The largest absolute Gasteiger partial charge is 0.389 e. The van der Waals surface area contributed by atoms with E-state index in [1.165, 1.54) is 0 Å². The molecule has 1 aromatic heterocycles. The number of ether oxygens (including phenoxy) is 1. The minimum atomic E-state index is -0.800. The Morgan fingerprint density at radius 2 is 2.13 bits per heavy atom. The number of hydrogen-bond donors (Lipinski definition) is 3. The first-order chi connectivity index (χ1) is 11.0. The van der Waals surface area contributed by atoms with Gasteiger partial charge in [-0.2, -0.15) is 0 Å². The molecule has 2 amide bonds. The van der Waals surface area contributed by atoms with E-state index in [2.05, 4.69) is 15.8 Å². The quantitative estimate of drug-likeness (QED) is 0.727. The monoisotopic (exact) mass is 319 g/mol. The molecule has 1 aromatic carbocycles. The lowest BCUT2D eigenvalue weighted by Crippen LogP contribution is -2.37. The van der Waals surface area contributed by atoms with Gasteiger partial charge in [0.25, 0.3) is 0 Å². The maximum Gasteiger partial charge on any atom is 0.320 e. The van der Waals surface area contributed by atoms with E-state index in [1.54, 1.807) is 13.0 Å². The van der Waals surface area contributed by atoms with E-state index >= 15 is 0 Å². The van der Waals surface area contributed by atoms with Gasteiger partial charge in [0, 0.05) is 12.6 Å². The summed E-state index contributed by atoms with van der Waals surface area (Å²) in [6.07, 6.45) is -0.927. The molecule has 0 aliphatic carbocycles. The topological polar surface area (TPSA) is 96.6 Å². The fraction of sp³-hybridized carbons (Fsp3) is 0.375. The van der Waals surface area contributed by atoms with E-state index < -0.39 is 12.1 Å². The molecule has 2 atom stereocenters. The molecule has 2 aromatic rings. The van der Waals surface area contributed by atoms with Gasteiger partial charge in [-0.25, -0.2) is 4.79 Å². The average molecular weight is 319 g/mol. The van der Waals surface area contributed by atoms with Crippen LogP contribution in [0.3, 0.4) is 0 Å². The van der Waals surface area contributed by atoms with Crippen molar-refractivity contribution in [2.75, 3.05) is 18.5 Å². The van der Waals surface area contributed by atoms with Crippen LogP contribution in [-0.4, -0.2) is 35.5 Å². The molecule has 3 N–H and O–H groups in total. The van der Waals surface area contributed by atoms with Gasteiger partial charge in [0.05, 0.1) is 18.8 Å². The van der Waals surface area contributed by atoms with Gasteiger partial charge in [0.1, 0.15) is 5.76 Å². The first-order valence-electron chi connectivity index (χ1n) is 7.37. The molecule has 7 heteroatoms. The van der Waals surface area contributed by atoms with Crippen LogP contribution in [0, 0.1) is 6.92 Å². The number of urea groups is 1. The highest BCUT2D eigenvalue weighted by molar-refractivity contribution is 5.88. The average Bonchev–Trinajstić information content (AvgIpc) is 2.96. The van der Waals surface area contributed by atoms with Crippen molar-refractivity contribution >= 4 is 11.8 Å². The van der Waals surface area contributed by atoms with Gasteiger partial charge in [0.2, 0.25) is 0 Å². The van der Waals surface area contributed by atoms with Gasteiger partial charge in [-0.05, 0) is 19.4 Å². The SMILES string of the molecule is Cc1cc(NC(=O)NC[C@H](O)CO[C@@H](C)c2ccccc2)no1. The summed E-state index contributed by atoms with van der Waals surface area (Å²) in [6, 6.07) is 10.9. The Labute approximate surface area is 134 Å². The number of benzene rings is 1. The summed E-state index contributed by atoms with van der Waals surface area (Å²) in [5, 5.41) is 18.5. The van der Waals surface area contributed by atoms with Crippen LogP contribution in [0.5, 0.6) is 0 Å². The molecule has 124 valence electrons. The Balaban J connectivity index is 1.66. The first kappa shape index (κ1) is 17.0. The van der Waals surface area contributed by atoms with Crippen molar-refractivity contribution in [2.24, 2.45) is 0 Å². The fourth-order valence-electron chi connectivity index (χ4n) is 1.93. The number of aryl methyl sites for hydroxylation is 1. The summed E-state index contributed by atoms with van der Waals surface area (Å²) >= 11 is 0. The smallest absolute Gasteiger partial charge is 0.320 e. The molecule has 0 aliphatic rings. The molecule has 7 nitrogen and oxygen atoms in total. The van der Waals surface area contributed by atoms with Gasteiger partial charge >= 0.3 is 6.03 Å². The van der Waals surface area contributed by atoms with Gasteiger partial charge in [0.15, 0.2) is 5.82 Å². The first-order valence-corrected chi connectivity index (χ1v) is 7.37. The third-order valence-corrected chi connectivity index (χ3v) is 3.18. The number of amides is 2. The molecule has 0 aliphatic heterocycles. The third-order valence-electron chi connectivity index (χ3n) is 3.18. The highest BCUT2D eigenvalue weighted by Crippen LogP contribution is 2.15. The Hall–Kier alpha value is -2.38. The lowest BCUT2D eigenvalue weighted by atomic mass is 10.1. The zero-order valence-corrected chi connectivity index (χ0v) is 13.2. The van der Waals surface area contributed by atoms with Crippen LogP contribution < -0.4 is 10.6 Å². The lowest BCUT2D eigenvalue weighted by Gasteiger charge is -2.17. The number of nitrogens with zero attached hydrogens (tertiary/aromatic N) is 1. The summed E-state index contributed by atoms with van der Waals surface area (Å²) in [4.78, 5) is 11.6. The second-order valence-corrected chi connectivity index (χ2v) is 5.20. The van der Waals surface area contributed by atoms with Gasteiger partial charge < -0.3 is 19.7 Å². The second-order valence-electron chi connectivity index (χ2n) is 5.20. The molecule has 0 unspecified atom stereocenters. The Bertz CT molecular complexity index is 615. The van der Waals surface area contributed by atoms with Crippen LogP contribution in [0.15, 0.2) is 40.9 Å². The Morgan fingerprint density at radius 1 is 1.39 bits per heavy atom. The maximum absolute atomic E-state index is 11.6. The molecule has 0 bridgehead atoms. The Kier molecular flexibility index (Phi) is 6.13. The predicted octanol–water partition coefficient (Wildman–Crippen LogP) is 2.24. The molecular formula is C16H21N3O4. The number of aliphatic hydroxyl groups is 1. The summed E-state index contributed by atoms with van der Waals surface area (Å²) in [7, 11) is 0. The van der Waals surface area contributed by atoms with Crippen molar-refractivity contribution in [3.05, 3.63) is 47.7 Å². The fourth-order valence-corrected chi connectivity index (χ4v) is 1.93. The normalized spacial score (nSPS) is 13.3. The van der Waals surface area contributed by atoms with E-state index in [-0.39, 0.29) is 19.3 Å². The Morgan fingerprint density at radius 3 is 2.78 bits per heavy atom. The van der Waals surface area contributed by atoms with Crippen molar-refractivity contribution in [1.82, 2.24) is 10.5 Å². The molecule has 2 rings (SSSR count). The van der Waals surface area contributed by atoms with E-state index in [4.69, 9.17) is 9.26 Å². The van der Waals surface area contributed by atoms with Crippen molar-refractivity contribution in [1.29, 1.82) is 0 Å². The van der Waals surface area contributed by atoms with E-state index in [1.807, 2.05) is 37.3 Å².